The molecule has 0 atom stereocenters. The van der Waals surface area contributed by atoms with Gasteiger partial charge in [-0.3, -0.25) is 4.79 Å². The Morgan fingerprint density at radius 3 is 2.32 bits per heavy atom. The highest BCUT2D eigenvalue weighted by molar-refractivity contribution is 7.91. The molecule has 0 saturated carbocycles. The van der Waals surface area contributed by atoms with Crippen LogP contribution >= 0.6 is 11.3 Å². The van der Waals surface area contributed by atoms with Crippen molar-refractivity contribution >= 4 is 37.3 Å². The van der Waals surface area contributed by atoms with E-state index in [4.69, 9.17) is 9.88 Å². The van der Waals surface area contributed by atoms with E-state index < -0.39 is 26.0 Å². The fourth-order valence-electron chi connectivity index (χ4n) is 2.88. The van der Waals surface area contributed by atoms with Crippen molar-refractivity contribution in [2.24, 2.45) is 5.14 Å². The first-order chi connectivity index (χ1) is 13.1. The van der Waals surface area contributed by atoms with Crippen LogP contribution in [0.1, 0.15) is 10.4 Å². The molecule has 0 spiro atoms. The SMILES string of the molecule is COc1ccc(C(=O)N2CCN(S(=O)(=O)c3cccs3)CC2)cc1S(N)(=O)=O. The molecule has 1 aliphatic heterocycles. The zero-order valence-electron chi connectivity index (χ0n) is 14.9. The number of primary sulfonamides is 1. The number of hydrogen-bond acceptors (Lipinski definition) is 7. The maximum atomic E-state index is 12.7. The van der Waals surface area contributed by atoms with Crippen LogP contribution in [0.25, 0.3) is 0 Å². The number of ether oxygens (including phenoxy) is 1. The molecule has 1 amide bonds. The third-order valence-corrected chi connectivity index (χ3v) is 8.54. The van der Waals surface area contributed by atoms with Crippen molar-refractivity contribution in [2.45, 2.75) is 9.10 Å². The number of methoxy groups -OCH3 is 1. The van der Waals surface area contributed by atoms with E-state index >= 15 is 0 Å². The van der Waals surface area contributed by atoms with Crippen LogP contribution < -0.4 is 9.88 Å². The van der Waals surface area contributed by atoms with Gasteiger partial charge in [-0.05, 0) is 29.6 Å². The number of nitrogens with zero attached hydrogens (tertiary/aromatic N) is 2. The lowest BCUT2D eigenvalue weighted by Gasteiger charge is -2.33. The smallest absolute Gasteiger partial charge is 0.253 e. The number of benzene rings is 1. The molecule has 28 heavy (non-hydrogen) atoms. The molecule has 152 valence electrons. The summed E-state index contributed by atoms with van der Waals surface area (Å²) in [4.78, 5) is 14.0. The fourth-order valence-corrected chi connectivity index (χ4v) is 6.17. The highest BCUT2D eigenvalue weighted by Crippen LogP contribution is 2.26. The number of nitrogens with two attached hydrogens (primary N) is 1. The predicted molar refractivity (Wildman–Crippen MR) is 103 cm³/mol. The van der Waals surface area contributed by atoms with Gasteiger partial charge in [0.1, 0.15) is 14.9 Å². The monoisotopic (exact) mass is 445 g/mol. The van der Waals surface area contributed by atoms with Gasteiger partial charge >= 0.3 is 0 Å². The van der Waals surface area contributed by atoms with Gasteiger partial charge in [0.15, 0.2) is 0 Å². The van der Waals surface area contributed by atoms with E-state index in [9.17, 15) is 21.6 Å². The first-order valence-corrected chi connectivity index (χ1v) is 12.0. The van der Waals surface area contributed by atoms with Crippen molar-refractivity contribution in [1.82, 2.24) is 9.21 Å². The van der Waals surface area contributed by atoms with Crippen LogP contribution in [0.4, 0.5) is 0 Å². The van der Waals surface area contributed by atoms with Gasteiger partial charge in [-0.15, -0.1) is 11.3 Å². The highest BCUT2D eigenvalue weighted by Gasteiger charge is 2.31. The Morgan fingerprint density at radius 2 is 1.79 bits per heavy atom. The molecule has 1 aromatic heterocycles. The molecular formula is C16H19N3O6S3. The summed E-state index contributed by atoms with van der Waals surface area (Å²) < 4.78 is 55.2. The Hall–Kier alpha value is -1.99. The van der Waals surface area contributed by atoms with Crippen molar-refractivity contribution in [1.29, 1.82) is 0 Å². The van der Waals surface area contributed by atoms with E-state index in [2.05, 4.69) is 0 Å². The number of sulfonamides is 2. The normalized spacial score (nSPS) is 16.1. The Labute approximate surface area is 167 Å². The average molecular weight is 446 g/mol. The zero-order valence-corrected chi connectivity index (χ0v) is 17.4. The van der Waals surface area contributed by atoms with Crippen LogP contribution in [0.15, 0.2) is 44.8 Å². The van der Waals surface area contributed by atoms with Gasteiger partial charge in [0.05, 0.1) is 7.11 Å². The summed E-state index contributed by atoms with van der Waals surface area (Å²) in [7, 11) is -6.33. The predicted octanol–water partition coefficient (Wildman–Crippen LogP) is 0.551. The maximum absolute atomic E-state index is 12.7. The highest BCUT2D eigenvalue weighted by atomic mass is 32.2. The van der Waals surface area contributed by atoms with Gasteiger partial charge in [0.2, 0.25) is 10.0 Å². The summed E-state index contributed by atoms with van der Waals surface area (Å²) in [6.07, 6.45) is 0. The van der Waals surface area contributed by atoms with Gasteiger partial charge < -0.3 is 9.64 Å². The Balaban J connectivity index is 1.76. The number of thiophene rings is 1. The molecule has 0 radical (unpaired) electrons. The van der Waals surface area contributed by atoms with Gasteiger partial charge in [-0.25, -0.2) is 22.0 Å². The number of amides is 1. The molecule has 2 N–H and O–H groups in total. The quantitative estimate of drug-likeness (QED) is 0.716. The maximum Gasteiger partial charge on any atom is 0.253 e. The van der Waals surface area contributed by atoms with Crippen LogP contribution in [-0.4, -0.2) is 65.2 Å². The molecule has 0 aliphatic carbocycles. The van der Waals surface area contributed by atoms with Crippen LogP contribution in [0.2, 0.25) is 0 Å². The summed E-state index contributed by atoms with van der Waals surface area (Å²) >= 11 is 1.14. The first kappa shape index (κ1) is 20.7. The van der Waals surface area contributed by atoms with Crippen molar-refractivity contribution < 1.29 is 26.4 Å². The van der Waals surface area contributed by atoms with Gasteiger partial charge in [0.25, 0.3) is 15.9 Å². The lowest BCUT2D eigenvalue weighted by atomic mass is 10.1. The molecule has 9 nitrogen and oxygen atoms in total. The van der Waals surface area contributed by atoms with E-state index in [-0.39, 0.29) is 46.6 Å². The Morgan fingerprint density at radius 1 is 1.11 bits per heavy atom. The molecular weight excluding hydrogens is 426 g/mol. The van der Waals surface area contributed by atoms with E-state index in [1.165, 1.54) is 34.5 Å². The molecule has 12 heteroatoms. The largest absolute Gasteiger partial charge is 0.495 e. The lowest BCUT2D eigenvalue weighted by molar-refractivity contribution is 0.0697. The van der Waals surface area contributed by atoms with E-state index in [1.807, 2.05) is 0 Å². The summed E-state index contributed by atoms with van der Waals surface area (Å²) in [5.41, 5.74) is 0.138. The summed E-state index contributed by atoms with van der Waals surface area (Å²) in [5, 5.41) is 6.88. The molecule has 2 heterocycles. The minimum absolute atomic E-state index is 0.0471. The van der Waals surface area contributed by atoms with E-state index in [0.29, 0.717) is 0 Å². The molecule has 1 fully saturated rings. The second-order valence-electron chi connectivity index (χ2n) is 6.04. The van der Waals surface area contributed by atoms with Crippen LogP contribution in [0.5, 0.6) is 5.75 Å². The third kappa shape index (κ3) is 4.05. The molecule has 3 rings (SSSR count). The molecule has 1 aromatic carbocycles. The van der Waals surface area contributed by atoms with Crippen molar-refractivity contribution in [3.63, 3.8) is 0 Å². The summed E-state index contributed by atoms with van der Waals surface area (Å²) in [5.74, 6) is -0.355. The second-order valence-corrected chi connectivity index (χ2v) is 10.7. The molecule has 2 aromatic rings. The van der Waals surface area contributed by atoms with Crippen molar-refractivity contribution in [3.05, 3.63) is 41.3 Å². The van der Waals surface area contributed by atoms with Crippen molar-refractivity contribution in [2.75, 3.05) is 33.3 Å². The second kappa shape index (κ2) is 7.79. The van der Waals surface area contributed by atoms with Gasteiger partial charge in [-0.2, -0.15) is 4.31 Å². The third-order valence-electron chi connectivity index (χ3n) is 4.33. The minimum atomic E-state index is -4.07. The average Bonchev–Trinajstić information content (AvgIpc) is 3.22. The summed E-state index contributed by atoms with van der Waals surface area (Å²) in [6, 6.07) is 7.20. The van der Waals surface area contributed by atoms with Crippen LogP contribution in [0, 0.1) is 0 Å². The van der Waals surface area contributed by atoms with Gasteiger partial charge in [-0.1, -0.05) is 6.07 Å². The van der Waals surface area contributed by atoms with E-state index in [1.54, 1.807) is 17.5 Å². The molecule has 1 aliphatic rings. The number of piperazine rings is 1. The minimum Gasteiger partial charge on any atom is -0.495 e. The molecule has 0 bridgehead atoms. The first-order valence-electron chi connectivity index (χ1n) is 8.18. The standard InChI is InChI=1S/C16H19N3O6S3/c1-25-13-5-4-12(11-14(13)27(17,21)22)16(20)18-6-8-19(9-7-18)28(23,24)15-3-2-10-26-15/h2-5,10-11H,6-9H2,1H3,(H2,17,21,22). The topological polar surface area (TPSA) is 127 Å². The number of hydrogen-bond donors (Lipinski definition) is 1. The zero-order chi connectivity index (χ0) is 20.5. The van der Waals surface area contributed by atoms with Crippen LogP contribution in [0.3, 0.4) is 0 Å². The fraction of sp³-hybridized carbons (Fsp3) is 0.312. The number of rotatable bonds is 5. The number of carbonyl (C=O) groups excluding carboxylic acids is 1. The van der Waals surface area contributed by atoms with E-state index in [0.717, 1.165) is 11.3 Å². The Bertz CT molecular complexity index is 1070. The summed E-state index contributed by atoms with van der Waals surface area (Å²) in [6.45, 7) is 0.703. The van der Waals surface area contributed by atoms with Gasteiger partial charge in [0, 0.05) is 31.7 Å². The lowest BCUT2D eigenvalue weighted by Crippen LogP contribution is -2.50. The molecule has 1 saturated heterocycles. The van der Waals surface area contributed by atoms with Crippen molar-refractivity contribution in [3.8, 4) is 5.75 Å². The molecule has 0 unspecified atom stereocenters. The van der Waals surface area contributed by atoms with Crippen LogP contribution in [-0.2, 0) is 20.0 Å². The number of carbonyl (C=O) groups is 1. The Kier molecular flexibility index (Phi) is 5.77.